The second kappa shape index (κ2) is 5.75. The van der Waals surface area contributed by atoms with E-state index in [1.165, 1.54) is 51.4 Å². The molecule has 0 bridgehead atoms. The molecule has 0 amide bonds. The highest BCUT2D eigenvalue weighted by molar-refractivity contribution is 5.06. The Labute approximate surface area is 143 Å². The Bertz CT molecular complexity index is 445. The number of hydrogen-bond acceptors (Lipinski definition) is 1. The predicted molar refractivity (Wildman–Crippen MR) is 96.1 cm³/mol. The predicted octanol–water partition coefficient (Wildman–Crippen LogP) is 5.81. The molecule has 4 fully saturated rings. The zero-order valence-electron chi connectivity index (χ0n) is 15.7. The lowest BCUT2D eigenvalue weighted by Crippen LogP contribution is -2.50. The Morgan fingerprint density at radius 2 is 1.65 bits per heavy atom. The van der Waals surface area contributed by atoms with Crippen molar-refractivity contribution in [1.29, 1.82) is 0 Å². The summed E-state index contributed by atoms with van der Waals surface area (Å²) in [6.07, 6.45) is 14.8. The van der Waals surface area contributed by atoms with Crippen LogP contribution in [-0.2, 0) is 0 Å². The van der Waals surface area contributed by atoms with Crippen molar-refractivity contribution in [3.63, 3.8) is 0 Å². The molecule has 4 aliphatic rings. The van der Waals surface area contributed by atoms with Crippen LogP contribution in [0.2, 0.25) is 0 Å². The van der Waals surface area contributed by atoms with E-state index in [-0.39, 0.29) is 5.60 Å². The van der Waals surface area contributed by atoms with Crippen LogP contribution in [0.3, 0.4) is 0 Å². The minimum atomic E-state index is -0.322. The summed E-state index contributed by atoms with van der Waals surface area (Å²) in [5.74, 6) is 5.85. The normalized spacial score (nSPS) is 55.8. The highest BCUT2D eigenvalue weighted by atomic mass is 16.3. The molecule has 4 saturated carbocycles. The van der Waals surface area contributed by atoms with Gasteiger partial charge in [0, 0.05) is 0 Å². The maximum absolute atomic E-state index is 10.8. The highest BCUT2D eigenvalue weighted by Crippen LogP contribution is 2.65. The Balaban J connectivity index is 1.52. The lowest BCUT2D eigenvalue weighted by molar-refractivity contribution is -0.106. The molecule has 0 spiro atoms. The molecule has 4 aliphatic carbocycles. The van der Waals surface area contributed by atoms with E-state index >= 15 is 0 Å². The Hall–Kier alpha value is -0.0400. The SMILES string of the molecule is CCC1CC[C@H]2[C@@H]3CC[C@H]4C[C@@](O)(CC)CC[C@@H]4[C@H]3CC[C@]12C. The Morgan fingerprint density at radius 3 is 2.39 bits per heavy atom. The summed E-state index contributed by atoms with van der Waals surface area (Å²) in [4.78, 5) is 0. The zero-order valence-corrected chi connectivity index (χ0v) is 15.7. The van der Waals surface area contributed by atoms with E-state index in [4.69, 9.17) is 0 Å². The average Bonchev–Trinajstić information content (AvgIpc) is 2.90. The van der Waals surface area contributed by atoms with Gasteiger partial charge in [0.15, 0.2) is 0 Å². The number of fused-ring (bicyclic) bond motifs is 5. The molecule has 8 atom stereocenters. The molecule has 0 heterocycles. The van der Waals surface area contributed by atoms with Crippen molar-refractivity contribution in [2.45, 2.75) is 97.0 Å². The molecule has 0 aromatic rings. The van der Waals surface area contributed by atoms with Crippen molar-refractivity contribution >= 4 is 0 Å². The smallest absolute Gasteiger partial charge is 0.0648 e. The van der Waals surface area contributed by atoms with Gasteiger partial charge in [-0.1, -0.05) is 27.2 Å². The summed E-state index contributed by atoms with van der Waals surface area (Å²) in [5.41, 5.74) is 0.347. The van der Waals surface area contributed by atoms with Gasteiger partial charge in [0.05, 0.1) is 5.60 Å². The van der Waals surface area contributed by atoms with Gasteiger partial charge >= 0.3 is 0 Å². The first kappa shape index (κ1) is 16.4. The summed E-state index contributed by atoms with van der Waals surface area (Å²) in [7, 11) is 0. The summed E-state index contributed by atoms with van der Waals surface area (Å²) >= 11 is 0. The fraction of sp³-hybridized carbons (Fsp3) is 1.00. The van der Waals surface area contributed by atoms with Gasteiger partial charge in [-0.2, -0.15) is 0 Å². The van der Waals surface area contributed by atoms with Crippen LogP contribution in [0.4, 0.5) is 0 Å². The first-order valence-electron chi connectivity index (χ1n) is 10.7. The molecule has 4 rings (SSSR count). The van der Waals surface area contributed by atoms with E-state index in [1.54, 1.807) is 0 Å². The molecule has 0 aromatic carbocycles. The van der Waals surface area contributed by atoms with Gasteiger partial charge < -0.3 is 5.11 Å². The number of hydrogen-bond donors (Lipinski definition) is 1. The molecule has 1 heteroatoms. The van der Waals surface area contributed by atoms with Crippen LogP contribution >= 0.6 is 0 Å². The molecule has 0 radical (unpaired) electrons. The molecule has 0 aliphatic heterocycles. The third kappa shape index (κ3) is 2.43. The van der Waals surface area contributed by atoms with Gasteiger partial charge in [0.1, 0.15) is 0 Å². The third-order valence-corrected chi connectivity index (χ3v) is 9.45. The quantitative estimate of drug-likeness (QED) is 0.681. The Kier molecular flexibility index (Phi) is 4.11. The lowest BCUT2D eigenvalue weighted by Gasteiger charge is -2.57. The molecule has 0 saturated heterocycles. The first-order valence-corrected chi connectivity index (χ1v) is 10.7. The van der Waals surface area contributed by atoms with E-state index < -0.39 is 0 Å². The molecular weight excluding hydrogens is 280 g/mol. The fourth-order valence-corrected chi connectivity index (χ4v) is 8.06. The van der Waals surface area contributed by atoms with Crippen LogP contribution in [0.5, 0.6) is 0 Å². The van der Waals surface area contributed by atoms with E-state index in [1.807, 2.05) is 0 Å². The molecule has 1 N–H and O–H groups in total. The van der Waals surface area contributed by atoms with Crippen molar-refractivity contribution in [3.8, 4) is 0 Å². The molecular formula is C22H38O. The van der Waals surface area contributed by atoms with E-state index in [9.17, 15) is 5.11 Å². The summed E-state index contributed by atoms with van der Waals surface area (Å²) < 4.78 is 0. The maximum Gasteiger partial charge on any atom is 0.0648 e. The monoisotopic (exact) mass is 318 g/mol. The summed E-state index contributed by atoms with van der Waals surface area (Å²) in [6, 6.07) is 0. The summed E-state index contributed by atoms with van der Waals surface area (Å²) in [6.45, 7) is 7.26. The van der Waals surface area contributed by atoms with Crippen molar-refractivity contribution in [2.75, 3.05) is 0 Å². The van der Waals surface area contributed by atoms with Gasteiger partial charge in [0.2, 0.25) is 0 Å². The second-order valence-corrected chi connectivity index (χ2v) is 9.98. The fourth-order valence-electron chi connectivity index (χ4n) is 8.06. The Morgan fingerprint density at radius 1 is 0.870 bits per heavy atom. The van der Waals surface area contributed by atoms with Gasteiger partial charge in [-0.05, 0) is 105 Å². The first-order chi connectivity index (χ1) is 11.0. The van der Waals surface area contributed by atoms with Crippen LogP contribution in [0, 0.1) is 40.9 Å². The van der Waals surface area contributed by atoms with Gasteiger partial charge in [-0.15, -0.1) is 0 Å². The number of rotatable bonds is 2. The third-order valence-electron chi connectivity index (χ3n) is 9.45. The van der Waals surface area contributed by atoms with Gasteiger partial charge in [0.25, 0.3) is 0 Å². The van der Waals surface area contributed by atoms with Crippen molar-refractivity contribution < 1.29 is 5.11 Å². The minimum Gasteiger partial charge on any atom is -0.390 e. The van der Waals surface area contributed by atoms with Crippen molar-refractivity contribution in [3.05, 3.63) is 0 Å². The van der Waals surface area contributed by atoms with Gasteiger partial charge in [-0.3, -0.25) is 0 Å². The highest BCUT2D eigenvalue weighted by Gasteiger charge is 2.57. The average molecular weight is 319 g/mol. The van der Waals surface area contributed by atoms with Gasteiger partial charge in [-0.25, -0.2) is 0 Å². The molecule has 1 unspecified atom stereocenters. The van der Waals surface area contributed by atoms with E-state index in [2.05, 4.69) is 20.8 Å². The molecule has 23 heavy (non-hydrogen) atoms. The van der Waals surface area contributed by atoms with Crippen molar-refractivity contribution in [2.24, 2.45) is 40.9 Å². The lowest BCUT2D eigenvalue weighted by atomic mass is 9.49. The number of aliphatic hydroxyl groups is 1. The van der Waals surface area contributed by atoms with Crippen LogP contribution in [0.1, 0.15) is 91.4 Å². The molecule has 132 valence electrons. The zero-order chi connectivity index (χ0) is 16.2. The standard InChI is InChI=1S/C22H38O/c1-4-16-7-9-20-19-8-6-15-14-22(23,5-2)13-11-17(15)18(19)10-12-21(16,20)3/h15-20,23H,4-14H2,1-3H3/t15-,16?,17-,18+,19+,20-,21+,22+/m0/s1. The maximum atomic E-state index is 10.8. The molecule has 0 aromatic heterocycles. The topological polar surface area (TPSA) is 20.2 Å². The van der Waals surface area contributed by atoms with Crippen LogP contribution in [0.25, 0.3) is 0 Å². The minimum absolute atomic E-state index is 0.322. The van der Waals surface area contributed by atoms with Crippen molar-refractivity contribution in [1.82, 2.24) is 0 Å². The van der Waals surface area contributed by atoms with Crippen LogP contribution in [0.15, 0.2) is 0 Å². The molecule has 1 nitrogen and oxygen atoms in total. The van der Waals surface area contributed by atoms with E-state index in [0.717, 1.165) is 54.8 Å². The van der Waals surface area contributed by atoms with Crippen LogP contribution in [-0.4, -0.2) is 10.7 Å². The second-order valence-electron chi connectivity index (χ2n) is 9.98. The van der Waals surface area contributed by atoms with Crippen LogP contribution < -0.4 is 0 Å². The van der Waals surface area contributed by atoms with E-state index in [0.29, 0.717) is 5.41 Å². The largest absolute Gasteiger partial charge is 0.390 e. The summed E-state index contributed by atoms with van der Waals surface area (Å²) in [5, 5.41) is 10.8.